The minimum Gasteiger partial charge on any atom is -0.113 e. The summed E-state index contributed by atoms with van der Waals surface area (Å²) in [7, 11) is 0. The number of rotatable bonds is 2. The number of hydrogen-bond donors (Lipinski definition) is 0. The number of benzene rings is 3. The molecular weight excluding hydrogens is 482 g/mol. The second-order valence-electron chi connectivity index (χ2n) is 4.71. The van der Waals surface area contributed by atoms with Crippen LogP contribution in [0.4, 0.5) is 0 Å². The van der Waals surface area contributed by atoms with Gasteiger partial charge in [0.2, 0.25) is 0 Å². The number of fused-ring (bicyclic) bond motifs is 1. The van der Waals surface area contributed by atoms with Gasteiger partial charge in [0.25, 0.3) is 0 Å². The lowest BCUT2D eigenvalue weighted by atomic mass is 9.98. The van der Waals surface area contributed by atoms with E-state index in [-0.39, 0.29) is 5.38 Å². The zero-order valence-corrected chi connectivity index (χ0v) is 16.0. The van der Waals surface area contributed by atoms with Crippen LogP contribution in [0.15, 0.2) is 59.1 Å². The van der Waals surface area contributed by atoms with E-state index in [4.69, 9.17) is 23.2 Å². The first-order chi connectivity index (χ1) is 10.1. The molecule has 0 N–H and O–H groups in total. The molecule has 0 radical (unpaired) electrons. The maximum atomic E-state index is 6.76. The van der Waals surface area contributed by atoms with E-state index >= 15 is 0 Å². The van der Waals surface area contributed by atoms with Gasteiger partial charge in [-0.05, 0) is 63.4 Å². The van der Waals surface area contributed by atoms with Crippen molar-refractivity contribution in [1.29, 1.82) is 0 Å². The highest BCUT2D eigenvalue weighted by atomic mass is 127. The Balaban J connectivity index is 2.20. The topological polar surface area (TPSA) is 0 Å². The summed E-state index contributed by atoms with van der Waals surface area (Å²) in [5.41, 5.74) is 2.13. The van der Waals surface area contributed by atoms with Gasteiger partial charge < -0.3 is 0 Å². The van der Waals surface area contributed by atoms with Gasteiger partial charge in [-0.3, -0.25) is 0 Å². The second-order valence-corrected chi connectivity index (χ2v) is 7.65. The van der Waals surface area contributed by atoms with Crippen molar-refractivity contribution >= 4 is 72.5 Å². The van der Waals surface area contributed by atoms with Crippen molar-refractivity contribution in [3.63, 3.8) is 0 Å². The Labute approximate surface area is 155 Å². The van der Waals surface area contributed by atoms with Crippen LogP contribution in [0.5, 0.6) is 0 Å². The van der Waals surface area contributed by atoms with Crippen molar-refractivity contribution in [2.75, 3.05) is 0 Å². The normalized spacial score (nSPS) is 12.6. The van der Waals surface area contributed by atoms with Crippen LogP contribution in [-0.4, -0.2) is 0 Å². The third kappa shape index (κ3) is 3.09. The molecule has 0 aliphatic carbocycles. The van der Waals surface area contributed by atoms with Crippen LogP contribution in [-0.2, 0) is 0 Å². The zero-order chi connectivity index (χ0) is 15.0. The molecule has 4 heteroatoms. The summed E-state index contributed by atoms with van der Waals surface area (Å²) >= 11 is 18.9. The second kappa shape index (κ2) is 6.45. The summed E-state index contributed by atoms with van der Waals surface area (Å²) in [6, 6.07) is 18.2. The van der Waals surface area contributed by atoms with Crippen LogP contribution >= 0.6 is 61.7 Å². The molecule has 0 nitrogen and oxygen atoms in total. The molecule has 0 aliphatic rings. The fraction of sp³-hybridized carbons (Fsp3) is 0.0588. The van der Waals surface area contributed by atoms with E-state index in [2.05, 4.69) is 56.7 Å². The van der Waals surface area contributed by atoms with Crippen LogP contribution in [0, 0.1) is 3.57 Å². The fourth-order valence-electron chi connectivity index (χ4n) is 2.38. The van der Waals surface area contributed by atoms with Crippen molar-refractivity contribution < 1.29 is 0 Å². The number of halogens is 4. The Morgan fingerprint density at radius 1 is 0.905 bits per heavy atom. The van der Waals surface area contributed by atoms with Crippen LogP contribution < -0.4 is 0 Å². The largest absolute Gasteiger partial charge is 0.113 e. The lowest BCUT2D eigenvalue weighted by Crippen LogP contribution is -1.97. The standard InChI is InChI=1S/C17H10BrCl2I/c18-15-7-5-10(21)9-14(15)17(20)13-6-8-16(19)12-4-2-1-3-11(12)13/h1-9,17H. The molecule has 0 heterocycles. The number of hydrogen-bond acceptors (Lipinski definition) is 0. The molecule has 3 rings (SSSR count). The van der Waals surface area contributed by atoms with E-state index in [1.807, 2.05) is 36.4 Å². The third-order valence-electron chi connectivity index (χ3n) is 3.41. The summed E-state index contributed by atoms with van der Waals surface area (Å²) in [5, 5.41) is 2.65. The maximum absolute atomic E-state index is 6.76. The molecule has 21 heavy (non-hydrogen) atoms. The molecule has 1 unspecified atom stereocenters. The average molecular weight is 492 g/mol. The van der Waals surface area contributed by atoms with E-state index in [1.165, 1.54) is 0 Å². The molecular formula is C17H10BrCl2I. The SMILES string of the molecule is Clc1ccc(C(Cl)c2cc(I)ccc2Br)c2ccccc12. The van der Waals surface area contributed by atoms with Gasteiger partial charge in [0.1, 0.15) is 0 Å². The van der Waals surface area contributed by atoms with Crippen molar-refractivity contribution in [2.24, 2.45) is 0 Å². The minimum atomic E-state index is -0.226. The first kappa shape index (κ1) is 15.6. The zero-order valence-electron chi connectivity index (χ0n) is 10.8. The van der Waals surface area contributed by atoms with Crippen LogP contribution in [0.2, 0.25) is 5.02 Å². The summed E-state index contributed by atoms with van der Waals surface area (Å²) in [6.45, 7) is 0. The predicted molar refractivity (Wildman–Crippen MR) is 104 cm³/mol. The molecule has 3 aromatic carbocycles. The minimum absolute atomic E-state index is 0.226. The molecule has 3 aromatic rings. The quantitative estimate of drug-likeness (QED) is 0.263. The Bertz CT molecular complexity index is 817. The summed E-state index contributed by atoms with van der Waals surface area (Å²) in [5.74, 6) is 0. The smallest absolute Gasteiger partial charge is 0.0852 e. The monoisotopic (exact) mass is 490 g/mol. The van der Waals surface area contributed by atoms with Gasteiger partial charge in [-0.1, -0.05) is 57.9 Å². The molecule has 0 bridgehead atoms. The van der Waals surface area contributed by atoms with E-state index in [1.54, 1.807) is 0 Å². The summed E-state index contributed by atoms with van der Waals surface area (Å²) < 4.78 is 2.18. The highest BCUT2D eigenvalue weighted by Gasteiger charge is 2.17. The highest BCUT2D eigenvalue weighted by Crippen LogP contribution is 2.39. The maximum Gasteiger partial charge on any atom is 0.0852 e. The fourth-order valence-corrected chi connectivity index (χ4v) is 4.10. The Kier molecular flexibility index (Phi) is 4.79. The molecule has 1 atom stereocenters. The van der Waals surface area contributed by atoms with E-state index < -0.39 is 0 Å². The van der Waals surface area contributed by atoms with E-state index in [9.17, 15) is 0 Å². The lowest BCUT2D eigenvalue weighted by molar-refractivity contribution is 1.14. The molecule has 0 saturated carbocycles. The lowest BCUT2D eigenvalue weighted by Gasteiger charge is -2.16. The van der Waals surface area contributed by atoms with E-state index in [0.717, 1.165) is 35.0 Å². The summed E-state index contributed by atoms with van der Waals surface area (Å²) in [4.78, 5) is 0. The number of alkyl halides is 1. The Morgan fingerprint density at radius 3 is 2.38 bits per heavy atom. The van der Waals surface area contributed by atoms with Gasteiger partial charge in [-0.15, -0.1) is 11.6 Å². The molecule has 0 amide bonds. The Hall–Kier alpha value is -0.290. The van der Waals surface area contributed by atoms with E-state index in [0.29, 0.717) is 0 Å². The average Bonchev–Trinajstić information content (AvgIpc) is 2.50. The van der Waals surface area contributed by atoms with Gasteiger partial charge in [0, 0.05) is 18.5 Å². The van der Waals surface area contributed by atoms with Crippen molar-refractivity contribution in [2.45, 2.75) is 5.38 Å². The predicted octanol–water partition coefficient (Wildman–Crippen LogP) is 7.19. The van der Waals surface area contributed by atoms with Gasteiger partial charge in [-0.25, -0.2) is 0 Å². The molecule has 0 saturated heterocycles. The highest BCUT2D eigenvalue weighted by molar-refractivity contribution is 14.1. The molecule has 0 fully saturated rings. The van der Waals surface area contributed by atoms with Crippen LogP contribution in [0.25, 0.3) is 10.8 Å². The Morgan fingerprint density at radius 2 is 1.62 bits per heavy atom. The molecule has 0 aliphatic heterocycles. The first-order valence-electron chi connectivity index (χ1n) is 6.34. The van der Waals surface area contributed by atoms with Crippen molar-refractivity contribution in [3.8, 4) is 0 Å². The molecule has 106 valence electrons. The van der Waals surface area contributed by atoms with Crippen LogP contribution in [0.3, 0.4) is 0 Å². The van der Waals surface area contributed by atoms with Crippen molar-refractivity contribution in [3.05, 3.63) is 78.8 Å². The molecule has 0 aromatic heterocycles. The van der Waals surface area contributed by atoms with Crippen molar-refractivity contribution in [1.82, 2.24) is 0 Å². The van der Waals surface area contributed by atoms with Gasteiger partial charge in [0.05, 0.1) is 5.38 Å². The van der Waals surface area contributed by atoms with Gasteiger partial charge >= 0.3 is 0 Å². The summed E-state index contributed by atoms with van der Waals surface area (Å²) in [6.07, 6.45) is 0. The molecule has 0 spiro atoms. The third-order valence-corrected chi connectivity index (χ3v) is 5.60. The van der Waals surface area contributed by atoms with Crippen LogP contribution in [0.1, 0.15) is 16.5 Å². The van der Waals surface area contributed by atoms with Gasteiger partial charge in [-0.2, -0.15) is 0 Å². The van der Waals surface area contributed by atoms with Gasteiger partial charge in [0.15, 0.2) is 0 Å². The first-order valence-corrected chi connectivity index (χ1v) is 9.02.